The molecule has 2 aromatic carbocycles. The summed E-state index contributed by atoms with van der Waals surface area (Å²) < 4.78 is 40.4. The Bertz CT molecular complexity index is 1840. The third-order valence-electron chi connectivity index (χ3n) is 8.62. The van der Waals surface area contributed by atoms with Gasteiger partial charge in [0.2, 0.25) is 11.9 Å². The number of aromatic nitrogens is 4. The van der Waals surface area contributed by atoms with Crippen LogP contribution in [-0.4, -0.2) is 94.2 Å². The molecular weight excluding hydrogens is 555 g/mol. The number of aryl methyl sites for hydroxylation is 2. The summed E-state index contributed by atoms with van der Waals surface area (Å²) in [5.74, 6) is 0.0923. The van der Waals surface area contributed by atoms with Crippen LogP contribution < -0.4 is 9.80 Å². The molecule has 4 heterocycles. The minimum absolute atomic E-state index is 0.115. The van der Waals surface area contributed by atoms with Crippen LogP contribution in [0.3, 0.4) is 0 Å². The minimum atomic E-state index is -2.23. The molecule has 0 saturated carbocycles. The number of anilines is 2. The molecule has 42 heavy (non-hydrogen) atoms. The molecule has 220 valence electrons. The van der Waals surface area contributed by atoms with Crippen LogP contribution in [0, 0.1) is 19.7 Å². The lowest BCUT2D eigenvalue weighted by atomic mass is 9.94. The van der Waals surface area contributed by atoms with E-state index in [4.69, 9.17) is 25.7 Å². The van der Waals surface area contributed by atoms with Gasteiger partial charge in [0.25, 0.3) is 0 Å². The highest BCUT2D eigenvalue weighted by Crippen LogP contribution is 2.43. The number of hydrogen-bond acceptors (Lipinski definition) is 7. The number of H-pyrrole nitrogens is 1. The maximum atomic E-state index is 17.0. The van der Waals surface area contributed by atoms with Gasteiger partial charge in [-0.25, -0.2) is 9.37 Å². The highest BCUT2D eigenvalue weighted by atomic mass is 35.5. The Labute approximate surface area is 254 Å². The van der Waals surface area contributed by atoms with Gasteiger partial charge in [0.1, 0.15) is 11.3 Å². The number of likely N-dealkylation sites (N-methyl/N-ethyl adjacent to an activating group) is 1. The van der Waals surface area contributed by atoms with Gasteiger partial charge >= 0.3 is 0 Å². The molecule has 2 atom stereocenters. The maximum absolute atomic E-state index is 17.0. The van der Waals surface area contributed by atoms with Crippen LogP contribution in [0.15, 0.2) is 30.9 Å². The smallest absolute Gasteiger partial charge is 0.246 e. The van der Waals surface area contributed by atoms with E-state index in [0.29, 0.717) is 54.4 Å². The standard InChI is InChI=1S/C31H36ClFN8O/c1-8-24(42)40-12-18(4)41(13-17(40)3)30-21-11-22(32)27(25-16(2)9-10-23-26(25)19(5)36-37-23)28(33)29(21)34-31(35-30)39-14-20(15-39)38(6)7/h8-11,17-18,20H,1,12-15H2,2-7H3,(H,36,37)/t17-,18+/m1/s1/i6D3. The predicted octanol–water partition coefficient (Wildman–Crippen LogP) is 4.94. The molecule has 0 radical (unpaired) electrons. The first-order chi connectivity index (χ1) is 21.2. The molecule has 11 heteroatoms. The summed E-state index contributed by atoms with van der Waals surface area (Å²) >= 11 is 6.95. The number of nitrogens with one attached hydrogen (secondary N) is 1. The Hall–Kier alpha value is -3.76. The van der Waals surface area contributed by atoms with Crippen molar-refractivity contribution in [3.63, 3.8) is 0 Å². The van der Waals surface area contributed by atoms with Crippen molar-refractivity contribution >= 4 is 51.1 Å². The SMILES string of the molecule is [2H]C([2H])([2H])N(C)C1CN(c2nc(N3C[C@@H](C)N(C(=O)C=C)C[C@@H]3C)c3cc(Cl)c(-c4c(C)ccc5n[nH]c(C)c45)c(F)c3n2)C1. The zero-order valence-corrected chi connectivity index (χ0v) is 25.1. The Morgan fingerprint density at radius 1 is 1.19 bits per heavy atom. The third kappa shape index (κ3) is 4.48. The summed E-state index contributed by atoms with van der Waals surface area (Å²) in [5, 5.41) is 8.83. The number of amides is 1. The van der Waals surface area contributed by atoms with E-state index in [1.165, 1.54) is 11.0 Å². The number of aromatic amines is 1. The number of piperazine rings is 1. The van der Waals surface area contributed by atoms with Gasteiger partial charge in [0, 0.05) is 76.0 Å². The largest absolute Gasteiger partial charge is 0.349 e. The first-order valence-electron chi connectivity index (χ1n) is 15.5. The number of carbonyl (C=O) groups is 1. The fraction of sp³-hybridized carbons (Fsp3) is 0.419. The third-order valence-corrected chi connectivity index (χ3v) is 8.92. The van der Waals surface area contributed by atoms with Crippen LogP contribution in [0.2, 0.25) is 5.02 Å². The topological polar surface area (TPSA) is 84.5 Å². The van der Waals surface area contributed by atoms with Crippen LogP contribution >= 0.6 is 11.6 Å². The molecule has 0 bridgehead atoms. The van der Waals surface area contributed by atoms with Crippen molar-refractivity contribution in [3.8, 4) is 11.1 Å². The van der Waals surface area contributed by atoms with Gasteiger partial charge in [-0.2, -0.15) is 10.1 Å². The molecule has 9 nitrogen and oxygen atoms in total. The second-order valence-electron chi connectivity index (χ2n) is 11.5. The summed E-state index contributed by atoms with van der Waals surface area (Å²) in [6.07, 6.45) is 1.31. The Morgan fingerprint density at radius 2 is 1.95 bits per heavy atom. The van der Waals surface area contributed by atoms with Crippen LogP contribution in [-0.2, 0) is 4.79 Å². The fourth-order valence-corrected chi connectivity index (χ4v) is 6.44. The van der Waals surface area contributed by atoms with Gasteiger partial charge in [0.15, 0.2) is 5.82 Å². The highest BCUT2D eigenvalue weighted by Gasteiger charge is 2.36. The first kappa shape index (κ1) is 24.8. The van der Waals surface area contributed by atoms with Crippen molar-refractivity contribution in [3.05, 3.63) is 53.0 Å². The first-order valence-corrected chi connectivity index (χ1v) is 14.4. The maximum Gasteiger partial charge on any atom is 0.246 e. The monoisotopic (exact) mass is 593 g/mol. The summed E-state index contributed by atoms with van der Waals surface area (Å²) in [6, 6.07) is 4.95. The molecule has 2 aliphatic heterocycles. The molecule has 0 spiro atoms. The van der Waals surface area contributed by atoms with Crippen molar-refractivity contribution in [2.24, 2.45) is 0 Å². The lowest BCUT2D eigenvalue weighted by Gasteiger charge is -2.45. The summed E-state index contributed by atoms with van der Waals surface area (Å²) in [6.45, 7) is 10.8. The molecule has 2 aromatic heterocycles. The van der Waals surface area contributed by atoms with Crippen LogP contribution in [0.5, 0.6) is 0 Å². The molecule has 1 N–H and O–H groups in total. The van der Waals surface area contributed by atoms with Crippen LogP contribution in [0.1, 0.15) is 29.2 Å². The Morgan fingerprint density at radius 3 is 2.67 bits per heavy atom. The number of halogens is 2. The summed E-state index contributed by atoms with van der Waals surface area (Å²) in [7, 11) is 1.57. The minimum Gasteiger partial charge on any atom is -0.349 e. The lowest BCUT2D eigenvalue weighted by molar-refractivity contribution is -0.128. The van der Waals surface area contributed by atoms with E-state index in [-0.39, 0.29) is 40.1 Å². The number of hydrogen-bond donors (Lipinski definition) is 1. The molecule has 2 saturated heterocycles. The molecule has 0 unspecified atom stereocenters. The molecule has 4 aromatic rings. The van der Waals surface area contributed by atoms with Crippen molar-refractivity contribution < 1.29 is 13.3 Å². The number of nitrogens with zero attached hydrogens (tertiary/aromatic N) is 7. The zero-order valence-electron chi connectivity index (χ0n) is 27.4. The van der Waals surface area contributed by atoms with Gasteiger partial charge in [-0.15, -0.1) is 0 Å². The van der Waals surface area contributed by atoms with Crippen molar-refractivity contribution in [1.29, 1.82) is 0 Å². The van der Waals surface area contributed by atoms with Gasteiger partial charge in [-0.3, -0.25) is 9.89 Å². The van der Waals surface area contributed by atoms with Gasteiger partial charge in [0.05, 0.1) is 10.5 Å². The van der Waals surface area contributed by atoms with Gasteiger partial charge < -0.3 is 19.6 Å². The fourth-order valence-electron chi connectivity index (χ4n) is 6.16. The number of fused-ring (bicyclic) bond motifs is 2. The molecule has 6 rings (SSSR count). The molecule has 0 aliphatic carbocycles. The van der Waals surface area contributed by atoms with Gasteiger partial charge in [-0.05, 0) is 65.5 Å². The van der Waals surface area contributed by atoms with E-state index in [2.05, 4.69) is 21.7 Å². The van der Waals surface area contributed by atoms with Gasteiger partial charge in [-0.1, -0.05) is 24.2 Å². The van der Waals surface area contributed by atoms with Crippen LogP contribution in [0.25, 0.3) is 32.9 Å². The lowest BCUT2D eigenvalue weighted by Crippen LogP contribution is -2.59. The summed E-state index contributed by atoms with van der Waals surface area (Å²) in [4.78, 5) is 29.3. The van der Waals surface area contributed by atoms with E-state index < -0.39 is 12.8 Å². The highest BCUT2D eigenvalue weighted by molar-refractivity contribution is 6.35. The van der Waals surface area contributed by atoms with Crippen molar-refractivity contribution in [2.45, 2.75) is 45.8 Å². The summed E-state index contributed by atoms with van der Waals surface area (Å²) in [5.41, 5.74) is 3.33. The average Bonchev–Trinajstić information content (AvgIpc) is 3.33. The molecular formula is C31H36ClFN8O. The van der Waals surface area contributed by atoms with Crippen molar-refractivity contribution in [2.75, 3.05) is 50.0 Å². The number of rotatable bonds is 5. The van der Waals surface area contributed by atoms with Crippen LogP contribution in [0.4, 0.5) is 16.2 Å². The van der Waals surface area contributed by atoms with E-state index in [1.54, 1.807) is 18.0 Å². The predicted molar refractivity (Wildman–Crippen MR) is 167 cm³/mol. The molecule has 2 aliphatic rings. The van der Waals surface area contributed by atoms with Crippen molar-refractivity contribution in [1.82, 2.24) is 30.0 Å². The number of carbonyl (C=O) groups excluding carboxylic acids is 1. The van der Waals surface area contributed by atoms with E-state index >= 15 is 4.39 Å². The van der Waals surface area contributed by atoms with E-state index in [9.17, 15) is 4.79 Å². The second kappa shape index (κ2) is 10.5. The quantitative estimate of drug-likeness (QED) is 0.328. The molecule has 1 amide bonds. The molecule has 2 fully saturated rings. The second-order valence-corrected chi connectivity index (χ2v) is 11.9. The Kier molecular flexibility index (Phi) is 6.20. The average molecular weight is 594 g/mol. The van der Waals surface area contributed by atoms with E-state index in [1.807, 2.05) is 44.7 Å². The number of benzene rings is 2. The normalized spacial score (nSPS) is 21.0. The van der Waals surface area contributed by atoms with E-state index in [0.717, 1.165) is 16.6 Å². The Balaban J connectivity index is 1.52. The zero-order chi connectivity index (χ0) is 32.5.